The number of carbonyl (C=O) groups is 2. The Morgan fingerprint density at radius 3 is 2.19 bits per heavy atom. The van der Waals surface area contributed by atoms with Gasteiger partial charge in [-0.05, 0) is 29.7 Å². The predicted octanol–water partition coefficient (Wildman–Crippen LogP) is 2.63. The van der Waals surface area contributed by atoms with Gasteiger partial charge in [-0.15, -0.1) is 0 Å². The van der Waals surface area contributed by atoms with Crippen molar-refractivity contribution < 1.29 is 14.3 Å². The van der Waals surface area contributed by atoms with Crippen LogP contribution < -0.4 is 10.1 Å². The molecule has 1 N–H and O–H groups in total. The first-order valence-corrected chi connectivity index (χ1v) is 10.8. The molecule has 0 bridgehead atoms. The number of urea groups is 1. The molecule has 0 aliphatic carbocycles. The molecule has 0 saturated carbocycles. The minimum absolute atomic E-state index is 0.160. The van der Waals surface area contributed by atoms with Crippen molar-refractivity contribution in [2.75, 3.05) is 40.0 Å². The van der Waals surface area contributed by atoms with E-state index in [1.54, 1.807) is 7.11 Å². The summed E-state index contributed by atoms with van der Waals surface area (Å²) in [4.78, 5) is 32.0. The summed E-state index contributed by atoms with van der Waals surface area (Å²) in [7, 11) is 1.67. The summed E-state index contributed by atoms with van der Waals surface area (Å²) >= 11 is 0. The fraction of sp³-hybridized carbons (Fsp3) is 0.417. The Morgan fingerprint density at radius 2 is 1.58 bits per heavy atom. The van der Waals surface area contributed by atoms with Crippen LogP contribution in [0.25, 0.3) is 0 Å². The third kappa shape index (κ3) is 4.29. The van der Waals surface area contributed by atoms with E-state index in [0.717, 1.165) is 44.0 Å². The van der Waals surface area contributed by atoms with Crippen molar-refractivity contribution in [2.45, 2.75) is 25.4 Å². The molecule has 2 aliphatic heterocycles. The van der Waals surface area contributed by atoms with Gasteiger partial charge in [-0.1, -0.05) is 49.4 Å². The lowest BCUT2D eigenvalue weighted by molar-refractivity contribution is -0.133. The van der Waals surface area contributed by atoms with Crippen LogP contribution in [0.3, 0.4) is 0 Å². The van der Waals surface area contributed by atoms with E-state index in [0.29, 0.717) is 13.1 Å². The van der Waals surface area contributed by atoms with Gasteiger partial charge in [0.1, 0.15) is 11.3 Å². The quantitative estimate of drug-likeness (QED) is 0.695. The van der Waals surface area contributed by atoms with Crippen LogP contribution in [0.15, 0.2) is 54.6 Å². The number of hydrogen-bond acceptors (Lipinski definition) is 5. The standard InChI is InChI=1S/C24H30N4O3/c1-3-24(20-7-5-4-6-8-20)22(29)28(23(30)25-24)18-27-15-13-26(14-16-27)17-19-9-11-21(31-2)12-10-19/h4-12H,3,13-18H2,1-2H3,(H,25,30)/t24-/m0/s1. The smallest absolute Gasteiger partial charge is 0.326 e. The average Bonchev–Trinajstić information content (AvgIpc) is 3.06. The molecule has 2 fully saturated rings. The second kappa shape index (κ2) is 9.08. The zero-order valence-corrected chi connectivity index (χ0v) is 18.2. The van der Waals surface area contributed by atoms with E-state index in [1.165, 1.54) is 10.5 Å². The van der Waals surface area contributed by atoms with Crippen LogP contribution in [0.5, 0.6) is 5.75 Å². The monoisotopic (exact) mass is 422 g/mol. The number of imide groups is 1. The van der Waals surface area contributed by atoms with Crippen LogP contribution in [-0.4, -0.2) is 66.6 Å². The lowest BCUT2D eigenvalue weighted by Gasteiger charge is -2.36. The highest BCUT2D eigenvalue weighted by Crippen LogP contribution is 2.32. The van der Waals surface area contributed by atoms with Gasteiger partial charge < -0.3 is 10.1 Å². The molecule has 3 amide bonds. The lowest BCUT2D eigenvalue weighted by atomic mass is 9.87. The number of nitrogens with zero attached hydrogens (tertiary/aromatic N) is 3. The Kier molecular flexibility index (Phi) is 6.25. The van der Waals surface area contributed by atoms with Crippen LogP contribution in [-0.2, 0) is 16.9 Å². The number of rotatable bonds is 7. The number of piperazine rings is 1. The first-order chi connectivity index (χ1) is 15.1. The molecule has 2 aliphatic rings. The Morgan fingerprint density at radius 1 is 0.935 bits per heavy atom. The van der Waals surface area contributed by atoms with Gasteiger partial charge in [0, 0.05) is 32.7 Å². The molecular weight excluding hydrogens is 392 g/mol. The lowest BCUT2D eigenvalue weighted by Crippen LogP contribution is -2.51. The Hall–Kier alpha value is -2.90. The Labute approximate surface area is 183 Å². The van der Waals surface area contributed by atoms with E-state index in [1.807, 2.05) is 49.4 Å². The minimum atomic E-state index is -0.964. The molecule has 31 heavy (non-hydrogen) atoms. The molecule has 7 heteroatoms. The molecule has 2 heterocycles. The maximum absolute atomic E-state index is 13.3. The Bertz CT molecular complexity index is 910. The van der Waals surface area contributed by atoms with Crippen molar-refractivity contribution >= 4 is 11.9 Å². The van der Waals surface area contributed by atoms with Crippen molar-refractivity contribution in [3.05, 3.63) is 65.7 Å². The molecule has 4 rings (SSSR count). The van der Waals surface area contributed by atoms with Crippen LogP contribution in [0.4, 0.5) is 4.79 Å². The number of amides is 3. The maximum Gasteiger partial charge on any atom is 0.326 e. The predicted molar refractivity (Wildman–Crippen MR) is 118 cm³/mol. The maximum atomic E-state index is 13.3. The number of carbonyl (C=O) groups excluding carboxylic acids is 2. The molecule has 2 aromatic carbocycles. The van der Waals surface area contributed by atoms with Gasteiger partial charge in [-0.2, -0.15) is 0 Å². The topological polar surface area (TPSA) is 65.1 Å². The molecule has 2 aromatic rings. The van der Waals surface area contributed by atoms with Crippen LogP contribution in [0.2, 0.25) is 0 Å². The summed E-state index contributed by atoms with van der Waals surface area (Å²) < 4.78 is 5.22. The highest BCUT2D eigenvalue weighted by molar-refractivity contribution is 6.07. The minimum Gasteiger partial charge on any atom is -0.497 e. The fourth-order valence-electron chi connectivity index (χ4n) is 4.39. The summed E-state index contributed by atoms with van der Waals surface area (Å²) in [5.74, 6) is 0.702. The summed E-state index contributed by atoms with van der Waals surface area (Å²) in [6, 6.07) is 17.4. The van der Waals surface area contributed by atoms with E-state index in [2.05, 4.69) is 27.2 Å². The van der Waals surface area contributed by atoms with Crippen LogP contribution in [0, 0.1) is 0 Å². The van der Waals surface area contributed by atoms with E-state index in [-0.39, 0.29) is 11.9 Å². The van der Waals surface area contributed by atoms with Gasteiger partial charge in [0.2, 0.25) is 0 Å². The van der Waals surface area contributed by atoms with Crippen molar-refractivity contribution in [1.29, 1.82) is 0 Å². The number of ether oxygens (including phenoxy) is 1. The summed E-state index contributed by atoms with van der Waals surface area (Å²) in [5, 5.41) is 2.96. The van der Waals surface area contributed by atoms with Gasteiger partial charge in [0.15, 0.2) is 0 Å². The van der Waals surface area contributed by atoms with Gasteiger partial charge in [-0.25, -0.2) is 9.69 Å². The SMILES string of the molecule is CC[C@@]1(c2ccccc2)NC(=O)N(CN2CCN(Cc3ccc(OC)cc3)CC2)C1=O. The van der Waals surface area contributed by atoms with Crippen molar-refractivity contribution in [3.63, 3.8) is 0 Å². The first-order valence-electron chi connectivity index (χ1n) is 10.8. The molecule has 2 saturated heterocycles. The second-order valence-corrected chi connectivity index (χ2v) is 8.17. The van der Waals surface area contributed by atoms with Gasteiger partial charge in [-0.3, -0.25) is 14.6 Å². The molecule has 0 unspecified atom stereocenters. The number of nitrogens with one attached hydrogen (secondary N) is 1. The highest BCUT2D eigenvalue weighted by atomic mass is 16.5. The summed E-state index contributed by atoms with van der Waals surface area (Å²) in [5.41, 5.74) is 1.12. The molecule has 164 valence electrons. The third-order valence-corrected chi connectivity index (χ3v) is 6.34. The third-order valence-electron chi connectivity index (χ3n) is 6.34. The Balaban J connectivity index is 1.35. The number of hydrogen-bond donors (Lipinski definition) is 1. The molecular formula is C24H30N4O3. The molecule has 0 spiro atoms. The fourth-order valence-corrected chi connectivity index (χ4v) is 4.39. The van der Waals surface area contributed by atoms with Gasteiger partial charge >= 0.3 is 6.03 Å². The number of methoxy groups -OCH3 is 1. The second-order valence-electron chi connectivity index (χ2n) is 8.17. The van der Waals surface area contributed by atoms with E-state index < -0.39 is 5.54 Å². The molecule has 0 radical (unpaired) electrons. The van der Waals surface area contributed by atoms with Gasteiger partial charge in [0.25, 0.3) is 5.91 Å². The highest BCUT2D eigenvalue weighted by Gasteiger charge is 2.51. The normalized spacial score (nSPS) is 22.6. The van der Waals surface area contributed by atoms with Crippen molar-refractivity contribution in [1.82, 2.24) is 20.0 Å². The van der Waals surface area contributed by atoms with E-state index >= 15 is 0 Å². The van der Waals surface area contributed by atoms with Crippen molar-refractivity contribution in [3.8, 4) is 5.75 Å². The number of benzene rings is 2. The van der Waals surface area contributed by atoms with Gasteiger partial charge in [0.05, 0.1) is 13.8 Å². The van der Waals surface area contributed by atoms with Crippen molar-refractivity contribution in [2.24, 2.45) is 0 Å². The van der Waals surface area contributed by atoms with Crippen LogP contribution >= 0.6 is 0 Å². The molecule has 1 atom stereocenters. The summed E-state index contributed by atoms with van der Waals surface area (Å²) in [6.07, 6.45) is 0.522. The molecule has 0 aromatic heterocycles. The largest absolute Gasteiger partial charge is 0.497 e. The van der Waals surface area contributed by atoms with E-state index in [4.69, 9.17) is 4.74 Å². The molecule has 7 nitrogen and oxygen atoms in total. The summed E-state index contributed by atoms with van der Waals surface area (Å²) in [6.45, 7) is 6.58. The van der Waals surface area contributed by atoms with Crippen LogP contribution in [0.1, 0.15) is 24.5 Å². The van der Waals surface area contributed by atoms with E-state index in [9.17, 15) is 9.59 Å². The zero-order chi connectivity index (χ0) is 21.8. The zero-order valence-electron chi connectivity index (χ0n) is 18.2. The average molecular weight is 423 g/mol. The first kappa shape index (κ1) is 21.3.